The molecule has 0 bridgehead atoms. The SMILES string of the molecule is COCCN1CCN(C2CC3(CCN(c4ccc(C(=O)NS(=O)(=O)c5cc6c(c([N+](=O)[O-])c5)N[C@H](C[C@H]5CC[C@H](O)CC5)CO6)c(Oc5cnc6[nH]ccc6c5)c4)CC3)C2)C(c2ccccc2C(C)C)C1. The van der Waals surface area contributed by atoms with Crippen molar-refractivity contribution < 1.29 is 37.5 Å². The van der Waals surface area contributed by atoms with Crippen LogP contribution in [0.15, 0.2) is 84.0 Å². The molecule has 2 atom stereocenters. The summed E-state index contributed by atoms with van der Waals surface area (Å²) in [5.74, 6) is 0.297. The number of hydrogen-bond donors (Lipinski definition) is 4. The van der Waals surface area contributed by atoms with Crippen LogP contribution < -0.4 is 24.4 Å². The number of aromatic amines is 1. The molecule has 2 aromatic heterocycles. The molecule has 10 rings (SSSR count). The number of aliphatic hydroxyl groups excluding tert-OH is 1. The number of anilines is 2. The first-order valence-corrected chi connectivity index (χ1v) is 26.8. The number of carbonyl (C=O) groups excluding carboxylic acids is 1. The Morgan fingerprint density at radius 2 is 1.82 bits per heavy atom. The van der Waals surface area contributed by atoms with Crippen molar-refractivity contribution in [1.82, 2.24) is 24.5 Å². The minimum atomic E-state index is -4.66. The van der Waals surface area contributed by atoms with Crippen LogP contribution in [0, 0.1) is 21.4 Å². The van der Waals surface area contributed by atoms with Gasteiger partial charge in [-0.05, 0) is 110 Å². The molecular weight excluding hydrogens is 925 g/mol. The van der Waals surface area contributed by atoms with Crippen LogP contribution >= 0.6 is 0 Å². The van der Waals surface area contributed by atoms with Gasteiger partial charge < -0.3 is 34.5 Å². The number of carbonyl (C=O) groups is 1. The summed E-state index contributed by atoms with van der Waals surface area (Å²) in [5.41, 5.74) is 4.18. The number of nitro benzene ring substituents is 1. The molecule has 2 saturated heterocycles. The van der Waals surface area contributed by atoms with E-state index in [1.165, 1.54) is 23.4 Å². The molecule has 4 N–H and O–H groups in total. The number of sulfonamides is 1. The van der Waals surface area contributed by atoms with Crippen molar-refractivity contribution in [2.24, 2.45) is 11.3 Å². The Kier molecular flexibility index (Phi) is 14.0. The van der Waals surface area contributed by atoms with Crippen molar-refractivity contribution in [2.75, 3.05) is 69.8 Å². The average Bonchev–Trinajstić information content (AvgIpc) is 3.83. The van der Waals surface area contributed by atoms with Crippen LogP contribution in [0.3, 0.4) is 0 Å². The normalized spacial score (nSPS) is 22.9. The molecule has 0 radical (unpaired) electrons. The summed E-state index contributed by atoms with van der Waals surface area (Å²) in [6.45, 7) is 11.1. The van der Waals surface area contributed by atoms with E-state index in [0.29, 0.717) is 54.6 Å². The molecule has 5 aromatic rings. The second-order valence-electron chi connectivity index (χ2n) is 20.8. The molecule has 5 aliphatic rings. The molecule has 4 fully saturated rings. The lowest BCUT2D eigenvalue weighted by Gasteiger charge is -2.58. The van der Waals surface area contributed by atoms with Gasteiger partial charge in [-0.1, -0.05) is 38.1 Å². The van der Waals surface area contributed by atoms with Gasteiger partial charge in [-0.25, -0.2) is 18.1 Å². The van der Waals surface area contributed by atoms with Gasteiger partial charge in [0.2, 0.25) is 0 Å². The summed E-state index contributed by atoms with van der Waals surface area (Å²) >= 11 is 0. The molecule has 378 valence electrons. The molecule has 2 saturated carbocycles. The maximum absolute atomic E-state index is 14.2. The van der Waals surface area contributed by atoms with Crippen LogP contribution in [-0.2, 0) is 14.8 Å². The van der Waals surface area contributed by atoms with Crippen LogP contribution in [-0.4, -0.2) is 122 Å². The first-order chi connectivity index (χ1) is 34.2. The number of nitrogens with zero attached hydrogens (tertiary/aromatic N) is 5. The Balaban J connectivity index is 0.846. The van der Waals surface area contributed by atoms with Gasteiger partial charge in [0.15, 0.2) is 11.4 Å². The van der Waals surface area contributed by atoms with Crippen LogP contribution in [0.5, 0.6) is 17.2 Å². The number of nitrogens with one attached hydrogen (secondary N) is 3. The lowest BCUT2D eigenvalue weighted by molar-refractivity contribution is -0.384. The van der Waals surface area contributed by atoms with E-state index in [-0.39, 0.29) is 46.9 Å². The summed E-state index contributed by atoms with van der Waals surface area (Å²) in [6.07, 6.45) is 11.2. The number of aliphatic hydroxyl groups is 1. The van der Waals surface area contributed by atoms with E-state index in [4.69, 9.17) is 14.2 Å². The summed E-state index contributed by atoms with van der Waals surface area (Å²) in [5, 5.41) is 26.4. The van der Waals surface area contributed by atoms with Crippen molar-refractivity contribution in [3.8, 4) is 17.2 Å². The summed E-state index contributed by atoms with van der Waals surface area (Å²) < 4.78 is 48.0. The number of H-pyrrole nitrogens is 1. The highest BCUT2D eigenvalue weighted by Gasteiger charge is 2.50. The zero-order chi connectivity index (χ0) is 49.4. The largest absolute Gasteiger partial charge is 0.489 e. The molecular formula is C53H66N8O9S. The van der Waals surface area contributed by atoms with E-state index in [2.05, 4.69) is 72.8 Å². The number of piperidine rings is 1. The number of rotatable bonds is 15. The highest BCUT2D eigenvalue weighted by Crippen LogP contribution is 2.53. The highest BCUT2D eigenvalue weighted by molar-refractivity contribution is 7.90. The molecule has 1 unspecified atom stereocenters. The molecule has 18 heteroatoms. The molecule has 2 aliphatic carbocycles. The third kappa shape index (κ3) is 10.4. The van der Waals surface area contributed by atoms with Crippen molar-refractivity contribution in [3.63, 3.8) is 0 Å². The molecule has 71 heavy (non-hydrogen) atoms. The lowest BCUT2D eigenvalue weighted by Crippen LogP contribution is -2.60. The number of amides is 1. The predicted octanol–water partition coefficient (Wildman–Crippen LogP) is 8.37. The topological polar surface area (TPSA) is 205 Å². The minimum absolute atomic E-state index is 0.0114. The lowest BCUT2D eigenvalue weighted by atomic mass is 9.59. The van der Waals surface area contributed by atoms with E-state index in [1.807, 2.05) is 12.1 Å². The highest BCUT2D eigenvalue weighted by atomic mass is 32.2. The van der Waals surface area contributed by atoms with Gasteiger partial charge >= 0.3 is 0 Å². The number of hydrogen-bond acceptors (Lipinski definition) is 14. The fraction of sp³-hybridized carbons (Fsp3) is 0.509. The third-order valence-electron chi connectivity index (χ3n) is 15.9. The van der Waals surface area contributed by atoms with Gasteiger partial charge in [-0.3, -0.25) is 24.7 Å². The number of benzene rings is 3. The van der Waals surface area contributed by atoms with Crippen molar-refractivity contribution in [2.45, 2.75) is 107 Å². The Labute approximate surface area is 415 Å². The van der Waals surface area contributed by atoms with Gasteiger partial charge in [0.1, 0.15) is 23.8 Å². The van der Waals surface area contributed by atoms with Crippen LogP contribution in [0.4, 0.5) is 17.1 Å². The maximum Gasteiger partial charge on any atom is 0.297 e. The number of fused-ring (bicyclic) bond motifs is 2. The van der Waals surface area contributed by atoms with E-state index in [0.717, 1.165) is 102 Å². The molecule has 3 aliphatic heterocycles. The zero-order valence-corrected chi connectivity index (χ0v) is 41.7. The van der Waals surface area contributed by atoms with Crippen LogP contribution in [0.25, 0.3) is 11.0 Å². The quantitative estimate of drug-likeness (QED) is 0.0575. The molecule has 1 amide bonds. The standard InChI is InChI=1S/C53H66N8O9S/c1-34(2)43-6-4-5-7-44(43)47-32-58(22-23-68-3)20-21-60(47)39-29-53(30-39)15-18-59(19-16-53)38-10-13-45(48(26-38)70-41-25-36-14-17-54-51(36)55-31-41)52(63)57-71(66,67)42-27-46(61(64)65)50-49(28-42)69-33-37(56-50)24-35-8-11-40(62)12-9-35/h4-7,10,13-14,17,25-28,31,34-35,37,39-40,47,56,62H,8-9,11-12,15-16,18-24,29-30,32-33H2,1-3H3,(H,54,55)(H,57,63)/t35-,37-,40-,47?/m1/s1. The summed E-state index contributed by atoms with van der Waals surface area (Å²) in [4.78, 5) is 40.6. The first kappa shape index (κ1) is 48.8. The van der Waals surface area contributed by atoms with Crippen molar-refractivity contribution in [3.05, 3.63) is 106 Å². The molecule has 5 heterocycles. The molecule has 3 aromatic carbocycles. The van der Waals surface area contributed by atoms with E-state index in [9.17, 15) is 28.4 Å². The third-order valence-corrected chi connectivity index (χ3v) is 17.2. The summed E-state index contributed by atoms with van der Waals surface area (Å²) in [7, 11) is -2.89. The van der Waals surface area contributed by atoms with E-state index < -0.39 is 31.4 Å². The van der Waals surface area contributed by atoms with Gasteiger partial charge in [-0.2, -0.15) is 0 Å². The zero-order valence-electron chi connectivity index (χ0n) is 40.8. The summed E-state index contributed by atoms with van der Waals surface area (Å²) in [6, 6.07) is 20.5. The molecule has 1 spiro atoms. The second-order valence-corrected chi connectivity index (χ2v) is 22.5. The van der Waals surface area contributed by atoms with Gasteiger partial charge in [0.05, 0.1) is 40.3 Å². The van der Waals surface area contributed by atoms with Crippen molar-refractivity contribution in [1.29, 1.82) is 0 Å². The fourth-order valence-electron chi connectivity index (χ4n) is 12.0. The Bertz CT molecular complexity index is 2850. The smallest absolute Gasteiger partial charge is 0.297 e. The monoisotopic (exact) mass is 990 g/mol. The Hall–Kier alpha value is -5.79. The van der Waals surface area contributed by atoms with Crippen LogP contribution in [0.1, 0.15) is 105 Å². The van der Waals surface area contributed by atoms with Crippen molar-refractivity contribution >= 4 is 44.0 Å². The average molecular weight is 991 g/mol. The second kappa shape index (κ2) is 20.4. The number of aromatic nitrogens is 2. The van der Waals surface area contributed by atoms with E-state index >= 15 is 0 Å². The Morgan fingerprint density at radius 1 is 1.03 bits per heavy atom. The number of ether oxygens (including phenoxy) is 3. The predicted molar refractivity (Wildman–Crippen MR) is 271 cm³/mol. The first-order valence-electron chi connectivity index (χ1n) is 25.3. The van der Waals surface area contributed by atoms with Gasteiger partial charge in [0, 0.05) is 93.9 Å². The number of piperazine rings is 1. The number of nitro groups is 1. The minimum Gasteiger partial charge on any atom is -0.489 e. The van der Waals surface area contributed by atoms with Gasteiger partial charge in [-0.15, -0.1) is 0 Å². The number of pyridine rings is 1. The van der Waals surface area contributed by atoms with Crippen LogP contribution in [0.2, 0.25) is 0 Å². The maximum atomic E-state index is 14.2. The Morgan fingerprint density at radius 3 is 2.58 bits per heavy atom. The number of methoxy groups -OCH3 is 1. The fourth-order valence-corrected chi connectivity index (χ4v) is 13.0. The van der Waals surface area contributed by atoms with E-state index in [1.54, 1.807) is 31.5 Å². The van der Waals surface area contributed by atoms with Gasteiger partial charge in [0.25, 0.3) is 21.6 Å². The molecule has 17 nitrogen and oxygen atoms in total.